The Kier molecular flexibility index (Phi) is 4.36. The van der Waals surface area contributed by atoms with Crippen molar-refractivity contribution in [3.05, 3.63) is 17.5 Å². The second-order valence-electron chi connectivity index (χ2n) is 7.47. The van der Waals surface area contributed by atoms with Crippen molar-refractivity contribution in [3.63, 3.8) is 0 Å². The molecule has 4 heteroatoms. The van der Waals surface area contributed by atoms with Crippen molar-refractivity contribution < 1.29 is 0 Å². The molecule has 0 amide bonds. The molecule has 0 bridgehead atoms. The number of nitrogens with one attached hydrogen (secondary N) is 1. The van der Waals surface area contributed by atoms with E-state index in [1.54, 1.807) is 0 Å². The standard InChI is InChI=1S/C17H30N4/c1-12(2)7-15-10-21(17(9-18-15)14-5-6-14)11-16-8-13(3)19-20(16)4/h8,12,14-15,17-18H,5-7,9-11H2,1-4H3. The highest BCUT2D eigenvalue weighted by Gasteiger charge is 2.38. The van der Waals surface area contributed by atoms with Gasteiger partial charge in [-0.25, -0.2) is 0 Å². The maximum absolute atomic E-state index is 4.50. The van der Waals surface area contributed by atoms with Gasteiger partial charge in [-0.3, -0.25) is 9.58 Å². The molecule has 3 rings (SSSR count). The molecule has 1 aliphatic carbocycles. The van der Waals surface area contributed by atoms with Gasteiger partial charge in [-0.15, -0.1) is 0 Å². The molecule has 0 spiro atoms. The SMILES string of the molecule is Cc1cc(CN2CC(CC(C)C)NCC2C2CC2)n(C)n1. The molecular formula is C17H30N4. The van der Waals surface area contributed by atoms with Crippen LogP contribution in [0.1, 0.15) is 44.5 Å². The zero-order valence-electron chi connectivity index (χ0n) is 14.0. The molecule has 0 aromatic carbocycles. The molecule has 2 heterocycles. The molecule has 2 fully saturated rings. The van der Waals surface area contributed by atoms with Gasteiger partial charge in [-0.05, 0) is 44.1 Å². The molecule has 118 valence electrons. The number of aromatic nitrogens is 2. The molecule has 1 saturated carbocycles. The number of hydrogen-bond acceptors (Lipinski definition) is 3. The maximum atomic E-state index is 4.50. The van der Waals surface area contributed by atoms with Crippen molar-refractivity contribution >= 4 is 0 Å². The molecule has 2 unspecified atom stereocenters. The van der Waals surface area contributed by atoms with E-state index in [0.717, 1.165) is 30.1 Å². The topological polar surface area (TPSA) is 33.1 Å². The molecular weight excluding hydrogens is 260 g/mol. The van der Waals surface area contributed by atoms with Crippen molar-refractivity contribution in [3.8, 4) is 0 Å². The van der Waals surface area contributed by atoms with Crippen molar-refractivity contribution in [1.29, 1.82) is 0 Å². The Morgan fingerprint density at radius 3 is 2.71 bits per heavy atom. The fraction of sp³-hybridized carbons (Fsp3) is 0.824. The van der Waals surface area contributed by atoms with Crippen LogP contribution in [0.15, 0.2) is 6.07 Å². The Balaban J connectivity index is 1.69. The minimum atomic E-state index is 0.648. The first-order valence-electron chi connectivity index (χ1n) is 8.50. The van der Waals surface area contributed by atoms with E-state index in [2.05, 4.69) is 53.9 Å². The van der Waals surface area contributed by atoms with Crippen LogP contribution in [0.3, 0.4) is 0 Å². The quantitative estimate of drug-likeness (QED) is 0.903. The first-order chi connectivity index (χ1) is 10.0. The van der Waals surface area contributed by atoms with E-state index in [-0.39, 0.29) is 0 Å². The molecule has 2 aliphatic rings. The third kappa shape index (κ3) is 3.67. The van der Waals surface area contributed by atoms with Crippen molar-refractivity contribution in [2.24, 2.45) is 18.9 Å². The summed E-state index contributed by atoms with van der Waals surface area (Å²) in [6.45, 7) is 10.1. The highest BCUT2D eigenvalue weighted by molar-refractivity contribution is 5.09. The lowest BCUT2D eigenvalue weighted by molar-refractivity contribution is 0.0976. The Morgan fingerprint density at radius 1 is 1.38 bits per heavy atom. The molecule has 1 aliphatic heterocycles. The Labute approximate surface area is 128 Å². The summed E-state index contributed by atoms with van der Waals surface area (Å²) in [4.78, 5) is 2.72. The second-order valence-corrected chi connectivity index (χ2v) is 7.47. The lowest BCUT2D eigenvalue weighted by atomic mass is 9.98. The first-order valence-corrected chi connectivity index (χ1v) is 8.50. The Bertz CT molecular complexity index is 475. The van der Waals surface area contributed by atoms with Gasteiger partial charge in [0.2, 0.25) is 0 Å². The van der Waals surface area contributed by atoms with Gasteiger partial charge in [0.05, 0.1) is 11.4 Å². The zero-order valence-corrected chi connectivity index (χ0v) is 14.0. The molecule has 1 aromatic heterocycles. The molecule has 1 N–H and O–H groups in total. The molecule has 2 atom stereocenters. The van der Waals surface area contributed by atoms with E-state index in [9.17, 15) is 0 Å². The van der Waals surface area contributed by atoms with Crippen LogP contribution in [-0.2, 0) is 13.6 Å². The molecule has 0 radical (unpaired) electrons. The zero-order chi connectivity index (χ0) is 15.0. The van der Waals surface area contributed by atoms with Gasteiger partial charge in [-0.1, -0.05) is 13.8 Å². The molecule has 21 heavy (non-hydrogen) atoms. The van der Waals surface area contributed by atoms with E-state index in [1.165, 1.54) is 38.0 Å². The number of piperazine rings is 1. The fourth-order valence-corrected chi connectivity index (χ4v) is 3.77. The van der Waals surface area contributed by atoms with Crippen LogP contribution in [-0.4, -0.2) is 39.9 Å². The van der Waals surface area contributed by atoms with Crippen LogP contribution in [0.25, 0.3) is 0 Å². The van der Waals surface area contributed by atoms with Gasteiger partial charge >= 0.3 is 0 Å². The molecule has 1 saturated heterocycles. The Morgan fingerprint density at radius 2 is 2.14 bits per heavy atom. The predicted octanol–water partition coefficient (Wildman–Crippen LogP) is 2.33. The van der Waals surface area contributed by atoms with Gasteiger partial charge < -0.3 is 5.32 Å². The lowest BCUT2D eigenvalue weighted by Crippen LogP contribution is -2.57. The lowest BCUT2D eigenvalue weighted by Gasteiger charge is -2.41. The van der Waals surface area contributed by atoms with Crippen LogP contribution < -0.4 is 5.32 Å². The summed E-state index contributed by atoms with van der Waals surface area (Å²) >= 11 is 0. The van der Waals surface area contributed by atoms with E-state index < -0.39 is 0 Å². The van der Waals surface area contributed by atoms with Gasteiger partial charge in [0.25, 0.3) is 0 Å². The van der Waals surface area contributed by atoms with Crippen LogP contribution in [0.4, 0.5) is 0 Å². The summed E-state index contributed by atoms with van der Waals surface area (Å²) in [5.41, 5.74) is 2.48. The van der Waals surface area contributed by atoms with E-state index >= 15 is 0 Å². The first kappa shape index (κ1) is 15.0. The average molecular weight is 290 g/mol. The summed E-state index contributed by atoms with van der Waals surface area (Å²) in [7, 11) is 2.07. The minimum absolute atomic E-state index is 0.648. The third-order valence-electron chi connectivity index (χ3n) is 4.93. The van der Waals surface area contributed by atoms with Crippen LogP contribution in [0, 0.1) is 18.8 Å². The number of nitrogens with zero attached hydrogens (tertiary/aromatic N) is 3. The highest BCUT2D eigenvalue weighted by atomic mass is 15.3. The van der Waals surface area contributed by atoms with Crippen molar-refractivity contribution in [2.75, 3.05) is 13.1 Å². The van der Waals surface area contributed by atoms with E-state index in [0.29, 0.717) is 6.04 Å². The number of aryl methyl sites for hydroxylation is 2. The van der Waals surface area contributed by atoms with E-state index in [1.807, 2.05) is 0 Å². The summed E-state index contributed by atoms with van der Waals surface area (Å²) in [5, 5.41) is 8.30. The largest absolute Gasteiger partial charge is 0.311 e. The summed E-state index contributed by atoms with van der Waals surface area (Å²) in [6, 6.07) is 3.61. The highest BCUT2D eigenvalue weighted by Crippen LogP contribution is 2.37. The normalized spacial score (nSPS) is 27.5. The summed E-state index contributed by atoms with van der Waals surface area (Å²) in [6.07, 6.45) is 4.11. The van der Waals surface area contributed by atoms with Crippen molar-refractivity contribution in [1.82, 2.24) is 20.0 Å². The summed E-state index contributed by atoms with van der Waals surface area (Å²) in [5.74, 6) is 1.69. The van der Waals surface area contributed by atoms with Crippen LogP contribution in [0.5, 0.6) is 0 Å². The molecule has 4 nitrogen and oxygen atoms in total. The Hall–Kier alpha value is -0.870. The monoisotopic (exact) mass is 290 g/mol. The van der Waals surface area contributed by atoms with Gasteiger partial charge in [0.1, 0.15) is 0 Å². The second kappa shape index (κ2) is 6.09. The molecule has 1 aromatic rings. The van der Waals surface area contributed by atoms with Gasteiger partial charge in [0.15, 0.2) is 0 Å². The summed E-state index contributed by atoms with van der Waals surface area (Å²) < 4.78 is 2.05. The number of hydrogen-bond donors (Lipinski definition) is 1. The third-order valence-corrected chi connectivity index (χ3v) is 4.93. The maximum Gasteiger partial charge on any atom is 0.0597 e. The smallest absolute Gasteiger partial charge is 0.0597 e. The van der Waals surface area contributed by atoms with Crippen LogP contribution in [0.2, 0.25) is 0 Å². The predicted molar refractivity (Wildman–Crippen MR) is 86.1 cm³/mol. The average Bonchev–Trinajstić information content (AvgIpc) is 3.17. The fourth-order valence-electron chi connectivity index (χ4n) is 3.77. The van der Waals surface area contributed by atoms with E-state index in [4.69, 9.17) is 0 Å². The minimum Gasteiger partial charge on any atom is -0.311 e. The van der Waals surface area contributed by atoms with Gasteiger partial charge in [-0.2, -0.15) is 5.10 Å². The number of rotatable bonds is 5. The van der Waals surface area contributed by atoms with Crippen LogP contribution >= 0.6 is 0 Å². The van der Waals surface area contributed by atoms with Crippen molar-refractivity contribution in [2.45, 2.75) is 58.7 Å². The van der Waals surface area contributed by atoms with Gasteiger partial charge in [0, 0.05) is 38.8 Å².